The fraction of sp³-hybridized carbons (Fsp3) is 0.625. The highest BCUT2D eigenvalue weighted by molar-refractivity contribution is 5.80. The van der Waals surface area contributed by atoms with Crippen LogP contribution in [0.2, 0.25) is 0 Å². The van der Waals surface area contributed by atoms with Gasteiger partial charge in [-0.1, -0.05) is 38.0 Å². The molecule has 3 atom stereocenters. The van der Waals surface area contributed by atoms with Crippen LogP contribution in [-0.4, -0.2) is 34.9 Å². The number of carbonyl (C=O) groups is 2. The average Bonchev–Trinajstić information content (AvgIpc) is 2.41. The number of unbranched alkanes of at least 4 members (excludes halogenated alkanes) is 1. The quantitative estimate of drug-likeness (QED) is 0.280. The Morgan fingerprint density at radius 2 is 2.14 bits per heavy atom. The number of hydrogen-bond donors (Lipinski definition) is 2. The lowest BCUT2D eigenvalue weighted by Crippen LogP contribution is -2.47. The van der Waals surface area contributed by atoms with Gasteiger partial charge in [0.05, 0.1) is 6.61 Å². The molecule has 5 nitrogen and oxygen atoms in total. The van der Waals surface area contributed by atoms with Gasteiger partial charge in [0.15, 0.2) is 0 Å². The first kappa shape index (κ1) is 17.4. The van der Waals surface area contributed by atoms with Crippen molar-refractivity contribution in [1.82, 2.24) is 0 Å². The van der Waals surface area contributed by atoms with Crippen LogP contribution in [0.3, 0.4) is 0 Å². The summed E-state index contributed by atoms with van der Waals surface area (Å²) in [4.78, 5) is 21.2. The van der Waals surface area contributed by atoms with Gasteiger partial charge in [0.2, 0.25) is 0 Å². The Balaban J connectivity index is 2.04. The zero-order valence-corrected chi connectivity index (χ0v) is 12.4. The third kappa shape index (κ3) is 6.58. The molecule has 0 aromatic rings. The summed E-state index contributed by atoms with van der Waals surface area (Å²) < 4.78 is 5.00. The van der Waals surface area contributed by atoms with E-state index in [0.717, 1.165) is 38.2 Å². The van der Waals surface area contributed by atoms with E-state index in [1.807, 2.05) is 6.08 Å². The van der Waals surface area contributed by atoms with Crippen molar-refractivity contribution in [2.45, 2.75) is 45.1 Å². The second-order valence-corrected chi connectivity index (χ2v) is 5.52. The van der Waals surface area contributed by atoms with E-state index in [1.54, 1.807) is 6.08 Å². The number of cyclic esters (lactones) is 1. The first-order chi connectivity index (χ1) is 10.0. The van der Waals surface area contributed by atoms with Gasteiger partial charge in [-0.05, 0) is 25.2 Å². The second-order valence-electron chi connectivity index (χ2n) is 5.52. The Morgan fingerprint density at radius 1 is 1.38 bits per heavy atom. The molecule has 0 aromatic heterocycles. The van der Waals surface area contributed by atoms with Crippen LogP contribution in [0, 0.1) is 11.8 Å². The number of carboxylic acid groups (broad SMARTS) is 1. The fourth-order valence-electron chi connectivity index (χ4n) is 2.33. The van der Waals surface area contributed by atoms with Crippen molar-refractivity contribution in [3.8, 4) is 0 Å². The minimum absolute atomic E-state index is 0.0983. The summed E-state index contributed by atoms with van der Waals surface area (Å²) in [7, 11) is 0. The average molecular weight is 296 g/mol. The molecule has 0 amide bonds. The summed E-state index contributed by atoms with van der Waals surface area (Å²) >= 11 is 0. The number of hydrogen-bond acceptors (Lipinski definition) is 4. The lowest BCUT2D eigenvalue weighted by molar-refractivity contribution is -0.189. The lowest BCUT2D eigenvalue weighted by atomic mass is 9.92. The predicted octanol–water partition coefficient (Wildman–Crippen LogP) is 2.30. The first-order valence-corrected chi connectivity index (χ1v) is 7.42. The number of aliphatic hydroxyl groups is 1. The van der Waals surface area contributed by atoms with Crippen LogP contribution >= 0.6 is 0 Å². The van der Waals surface area contributed by atoms with Crippen LogP contribution in [0.5, 0.6) is 0 Å². The Labute approximate surface area is 125 Å². The molecule has 1 saturated heterocycles. The molecule has 1 aliphatic rings. The molecule has 0 saturated carbocycles. The minimum atomic E-state index is -0.939. The van der Waals surface area contributed by atoms with Crippen LogP contribution in [0.15, 0.2) is 24.3 Å². The van der Waals surface area contributed by atoms with Crippen LogP contribution < -0.4 is 0 Å². The molecule has 5 heteroatoms. The summed E-state index contributed by atoms with van der Waals surface area (Å²) in [5, 5.41) is 17.4. The molecule has 0 spiro atoms. The van der Waals surface area contributed by atoms with Gasteiger partial charge in [0.25, 0.3) is 0 Å². The van der Waals surface area contributed by atoms with Gasteiger partial charge in [-0.3, -0.25) is 4.79 Å². The maximum atomic E-state index is 11.0. The number of rotatable bonds is 10. The van der Waals surface area contributed by atoms with Crippen molar-refractivity contribution in [3.63, 3.8) is 0 Å². The molecular formula is C16H24O5. The number of ether oxygens (including phenoxy) is 1. The Bertz CT molecular complexity index is 399. The van der Waals surface area contributed by atoms with Gasteiger partial charge in [0.1, 0.15) is 12.0 Å². The van der Waals surface area contributed by atoms with Gasteiger partial charge in [-0.2, -0.15) is 0 Å². The van der Waals surface area contributed by atoms with Gasteiger partial charge in [-0.25, -0.2) is 4.79 Å². The highest BCUT2D eigenvalue weighted by Gasteiger charge is 2.40. The van der Waals surface area contributed by atoms with Crippen molar-refractivity contribution in [2.24, 2.45) is 11.8 Å². The van der Waals surface area contributed by atoms with Crippen molar-refractivity contribution < 1.29 is 24.5 Å². The van der Waals surface area contributed by atoms with Crippen LogP contribution in [-0.2, 0) is 14.3 Å². The molecule has 0 radical (unpaired) electrons. The Kier molecular flexibility index (Phi) is 7.75. The standard InChI is InChI=1S/C16H24O5/c1-12(7-3-2-4-10-15(18)19)8-5-6-9-14-13(11-17)16(20)21-14/h2-4,10,12-14,17H,5-9,11H2,1H3,(H,18,19)/b3-2+,10-4+. The Hall–Kier alpha value is -1.62. The zero-order chi connectivity index (χ0) is 15.7. The van der Waals surface area contributed by atoms with E-state index in [-0.39, 0.29) is 24.6 Å². The van der Waals surface area contributed by atoms with E-state index in [2.05, 4.69) is 6.92 Å². The summed E-state index contributed by atoms with van der Waals surface area (Å²) in [5.41, 5.74) is 0. The molecule has 3 unspecified atom stereocenters. The number of carboxylic acids is 1. The highest BCUT2D eigenvalue weighted by atomic mass is 16.6. The van der Waals surface area contributed by atoms with E-state index in [0.29, 0.717) is 5.92 Å². The molecule has 21 heavy (non-hydrogen) atoms. The van der Waals surface area contributed by atoms with Crippen molar-refractivity contribution >= 4 is 11.9 Å². The highest BCUT2D eigenvalue weighted by Crippen LogP contribution is 2.27. The maximum absolute atomic E-state index is 11.0. The third-order valence-electron chi connectivity index (χ3n) is 3.68. The largest absolute Gasteiger partial charge is 0.478 e. The molecule has 1 rings (SSSR count). The lowest BCUT2D eigenvalue weighted by Gasteiger charge is -2.33. The topological polar surface area (TPSA) is 83.8 Å². The molecule has 1 aliphatic heterocycles. The van der Waals surface area contributed by atoms with Crippen molar-refractivity contribution in [3.05, 3.63) is 24.3 Å². The molecule has 1 fully saturated rings. The number of aliphatic hydroxyl groups excluding tert-OH is 1. The van der Waals surface area contributed by atoms with E-state index in [1.165, 1.54) is 6.08 Å². The Morgan fingerprint density at radius 3 is 2.76 bits per heavy atom. The van der Waals surface area contributed by atoms with Gasteiger partial charge in [-0.15, -0.1) is 0 Å². The molecule has 118 valence electrons. The summed E-state index contributed by atoms with van der Waals surface area (Å²) in [5.74, 6) is -0.996. The molecule has 0 bridgehead atoms. The second kappa shape index (κ2) is 9.34. The predicted molar refractivity (Wildman–Crippen MR) is 78.6 cm³/mol. The SMILES string of the molecule is CC(C/C=C/C=C/C(=O)O)CCCCC1OC(=O)C1CO. The van der Waals surface area contributed by atoms with Gasteiger partial charge >= 0.3 is 11.9 Å². The van der Waals surface area contributed by atoms with E-state index >= 15 is 0 Å². The minimum Gasteiger partial charge on any atom is -0.478 e. The van der Waals surface area contributed by atoms with Gasteiger partial charge < -0.3 is 14.9 Å². The molecule has 0 aromatic carbocycles. The molecule has 1 heterocycles. The van der Waals surface area contributed by atoms with E-state index in [4.69, 9.17) is 14.9 Å². The van der Waals surface area contributed by atoms with Crippen LogP contribution in [0.25, 0.3) is 0 Å². The fourth-order valence-corrected chi connectivity index (χ4v) is 2.33. The maximum Gasteiger partial charge on any atom is 0.328 e. The van der Waals surface area contributed by atoms with E-state index < -0.39 is 5.97 Å². The molecular weight excluding hydrogens is 272 g/mol. The summed E-state index contributed by atoms with van der Waals surface area (Å²) in [6.07, 6.45) is 11.1. The third-order valence-corrected chi connectivity index (χ3v) is 3.68. The van der Waals surface area contributed by atoms with Gasteiger partial charge in [0, 0.05) is 6.08 Å². The number of allylic oxidation sites excluding steroid dienone is 3. The first-order valence-electron chi connectivity index (χ1n) is 7.42. The monoisotopic (exact) mass is 296 g/mol. The normalized spacial score (nSPS) is 23.2. The van der Waals surface area contributed by atoms with Crippen LogP contribution in [0.4, 0.5) is 0 Å². The molecule has 2 N–H and O–H groups in total. The summed E-state index contributed by atoms with van der Waals surface area (Å²) in [6.45, 7) is 2.04. The van der Waals surface area contributed by atoms with Crippen molar-refractivity contribution in [1.29, 1.82) is 0 Å². The number of carbonyl (C=O) groups excluding carboxylic acids is 1. The number of esters is 1. The summed E-state index contributed by atoms with van der Waals surface area (Å²) in [6, 6.07) is 0. The smallest absolute Gasteiger partial charge is 0.328 e. The zero-order valence-electron chi connectivity index (χ0n) is 12.4. The van der Waals surface area contributed by atoms with Crippen LogP contribution in [0.1, 0.15) is 39.0 Å². The number of aliphatic carboxylic acids is 1. The van der Waals surface area contributed by atoms with Crippen molar-refractivity contribution in [2.75, 3.05) is 6.61 Å². The molecule has 0 aliphatic carbocycles. The van der Waals surface area contributed by atoms with E-state index in [9.17, 15) is 9.59 Å².